The number of carbonyl (C=O) groups excluding carboxylic acids is 1. The van der Waals surface area contributed by atoms with Crippen LogP contribution < -0.4 is 0 Å². The molecule has 0 N–H and O–H groups in total. The first-order chi connectivity index (χ1) is 7.64. The summed E-state index contributed by atoms with van der Waals surface area (Å²) in [7, 11) is 0.429. The van der Waals surface area contributed by atoms with Crippen molar-refractivity contribution in [2.75, 3.05) is 21.0 Å². The number of unbranched alkanes of at least 4 members (excludes halogenated alkanes) is 1. The fourth-order valence-electron chi connectivity index (χ4n) is 1.11. The summed E-state index contributed by atoms with van der Waals surface area (Å²) < 4.78 is 20.7. The molecule has 94 valence electrons. The van der Waals surface area contributed by atoms with Crippen LogP contribution in [0.4, 0.5) is 0 Å². The van der Waals surface area contributed by atoms with Gasteiger partial charge in [0.1, 0.15) is 0 Å². The summed E-state index contributed by atoms with van der Waals surface area (Å²) in [5.74, 6) is -0.523. The number of rotatable bonds is 9. The molecule has 0 rings (SSSR count). The van der Waals surface area contributed by atoms with Gasteiger partial charge < -0.3 is 18.0 Å². The molecule has 0 saturated carbocycles. The number of hydrogen-bond acceptors (Lipinski definition) is 5. The Morgan fingerprint density at radius 3 is 2.44 bits per heavy atom. The topological polar surface area (TPSA) is 54.0 Å². The molecule has 0 aromatic heterocycles. The Balaban J connectivity index is 4.09. The van der Waals surface area contributed by atoms with Crippen LogP contribution in [0.15, 0.2) is 12.7 Å². The van der Waals surface area contributed by atoms with E-state index < -0.39 is 14.8 Å². The number of carbonyl (C=O) groups is 1. The molecule has 0 unspecified atom stereocenters. The van der Waals surface area contributed by atoms with Crippen LogP contribution in [-0.4, -0.2) is 35.8 Å². The van der Waals surface area contributed by atoms with Crippen molar-refractivity contribution in [3.63, 3.8) is 0 Å². The average Bonchev–Trinajstić information content (AvgIpc) is 2.33. The Morgan fingerprint density at radius 1 is 1.38 bits per heavy atom. The normalized spacial score (nSPS) is 11.2. The predicted molar refractivity (Wildman–Crippen MR) is 61.7 cm³/mol. The molecule has 6 heteroatoms. The zero-order valence-corrected chi connectivity index (χ0v) is 11.2. The van der Waals surface area contributed by atoms with Gasteiger partial charge in [-0.3, -0.25) is 0 Å². The molecule has 0 saturated heterocycles. The van der Waals surface area contributed by atoms with Crippen LogP contribution in [0.3, 0.4) is 0 Å². The van der Waals surface area contributed by atoms with Crippen molar-refractivity contribution in [3.8, 4) is 0 Å². The van der Waals surface area contributed by atoms with Gasteiger partial charge in [0, 0.05) is 26.3 Å². The summed E-state index contributed by atoms with van der Waals surface area (Å²) in [5.41, 5.74) is 0. The lowest BCUT2D eigenvalue weighted by atomic mass is 10.4. The summed E-state index contributed by atoms with van der Waals surface area (Å²) in [6.07, 6.45) is 3.05. The number of ether oxygens (including phenoxy) is 1. The van der Waals surface area contributed by atoms with E-state index in [1.165, 1.54) is 0 Å². The van der Waals surface area contributed by atoms with Crippen molar-refractivity contribution in [2.45, 2.75) is 25.8 Å². The van der Waals surface area contributed by atoms with Gasteiger partial charge in [0.15, 0.2) is 6.79 Å². The molecule has 0 aliphatic carbocycles. The molecule has 0 aliphatic rings. The summed E-state index contributed by atoms with van der Waals surface area (Å²) in [4.78, 5) is 10.8. The second kappa shape index (κ2) is 8.46. The number of hydrogen-bond donors (Lipinski definition) is 0. The van der Waals surface area contributed by atoms with Gasteiger partial charge in [-0.2, -0.15) is 0 Å². The molecule has 0 fully saturated rings. The minimum atomic E-state index is -2.66. The third-order valence-electron chi connectivity index (χ3n) is 2.11. The molecular weight excluding hydrogens is 228 g/mol. The van der Waals surface area contributed by atoms with Crippen LogP contribution in [0.2, 0.25) is 6.04 Å². The molecule has 0 amide bonds. The highest BCUT2D eigenvalue weighted by Crippen LogP contribution is 2.17. The van der Waals surface area contributed by atoms with Crippen molar-refractivity contribution in [2.24, 2.45) is 0 Å². The van der Waals surface area contributed by atoms with E-state index in [2.05, 4.69) is 13.5 Å². The average molecular weight is 248 g/mol. The zero-order valence-electron chi connectivity index (χ0n) is 10.2. The van der Waals surface area contributed by atoms with Crippen LogP contribution >= 0.6 is 0 Å². The van der Waals surface area contributed by atoms with Crippen molar-refractivity contribution in [1.29, 1.82) is 0 Å². The summed E-state index contributed by atoms with van der Waals surface area (Å²) >= 11 is 0. The molecule has 0 heterocycles. The Hall–Kier alpha value is -0.693. The maximum absolute atomic E-state index is 10.8. The highest BCUT2D eigenvalue weighted by atomic mass is 28.4. The Kier molecular flexibility index (Phi) is 8.09. The van der Waals surface area contributed by atoms with Crippen LogP contribution in [0.5, 0.6) is 0 Å². The molecule has 0 spiro atoms. The third kappa shape index (κ3) is 5.41. The Labute approximate surface area is 97.7 Å². The van der Waals surface area contributed by atoms with Crippen LogP contribution in [-0.2, 0) is 22.8 Å². The lowest BCUT2D eigenvalue weighted by Gasteiger charge is -2.25. The first-order valence-electron chi connectivity index (χ1n) is 5.17. The van der Waals surface area contributed by atoms with E-state index in [1.807, 2.05) is 0 Å². The van der Waals surface area contributed by atoms with Crippen molar-refractivity contribution in [1.82, 2.24) is 0 Å². The second-order valence-electron chi connectivity index (χ2n) is 3.12. The van der Waals surface area contributed by atoms with E-state index in [4.69, 9.17) is 18.0 Å². The van der Waals surface area contributed by atoms with Gasteiger partial charge in [-0.05, 0) is 6.42 Å². The van der Waals surface area contributed by atoms with Crippen LogP contribution in [0.25, 0.3) is 0 Å². The summed E-state index contributed by atoms with van der Waals surface area (Å²) in [6.45, 7) is 5.19. The van der Waals surface area contributed by atoms with Crippen molar-refractivity contribution in [3.05, 3.63) is 12.7 Å². The smallest absolute Gasteiger partial charge is 0.436 e. The monoisotopic (exact) mass is 248 g/mol. The van der Waals surface area contributed by atoms with E-state index in [9.17, 15) is 4.79 Å². The van der Waals surface area contributed by atoms with Gasteiger partial charge in [-0.1, -0.05) is 19.9 Å². The third-order valence-corrected chi connectivity index (χ3v) is 4.87. The molecule has 0 radical (unpaired) electrons. The van der Waals surface area contributed by atoms with Crippen LogP contribution in [0, 0.1) is 0 Å². The van der Waals surface area contributed by atoms with Crippen molar-refractivity contribution < 1.29 is 22.8 Å². The first-order valence-corrected chi connectivity index (χ1v) is 7.10. The molecule has 0 aromatic carbocycles. The fraction of sp³-hybridized carbons (Fsp3) is 0.700. The highest BCUT2D eigenvalue weighted by Gasteiger charge is 2.38. The maximum Gasteiger partial charge on any atom is 0.502 e. The molecule has 16 heavy (non-hydrogen) atoms. The summed E-state index contributed by atoms with van der Waals surface area (Å²) in [6, 6.07) is 0.710. The lowest BCUT2D eigenvalue weighted by molar-refractivity contribution is -0.146. The van der Waals surface area contributed by atoms with E-state index in [0.717, 1.165) is 18.9 Å². The molecular formula is C10H20O5Si. The van der Waals surface area contributed by atoms with Gasteiger partial charge in [-0.15, -0.1) is 0 Å². The van der Waals surface area contributed by atoms with Gasteiger partial charge in [0.25, 0.3) is 0 Å². The molecule has 0 atom stereocenters. The zero-order chi connectivity index (χ0) is 12.4. The van der Waals surface area contributed by atoms with Crippen molar-refractivity contribution >= 4 is 14.8 Å². The molecule has 5 nitrogen and oxygen atoms in total. The fourth-order valence-corrected chi connectivity index (χ4v) is 3.09. The standard InChI is InChI=1S/C10H20O5Si/c1-5-7-8-16(12-3,13-4)15-9-14-10(11)6-2/h6H,2,5,7-9H2,1,3-4H3. The SMILES string of the molecule is C=CC(=O)OCO[Si](CCCC)(OC)OC. The quantitative estimate of drug-likeness (QED) is 0.269. The maximum atomic E-state index is 10.8. The first kappa shape index (κ1) is 15.3. The van der Waals surface area contributed by atoms with E-state index >= 15 is 0 Å². The minimum absolute atomic E-state index is 0.164. The predicted octanol–water partition coefficient (Wildman–Crippen LogP) is 1.72. The van der Waals surface area contributed by atoms with Gasteiger partial charge in [0.2, 0.25) is 0 Å². The molecule has 0 aromatic rings. The molecule has 0 aliphatic heterocycles. The lowest BCUT2D eigenvalue weighted by Crippen LogP contribution is -2.44. The van der Waals surface area contributed by atoms with Gasteiger partial charge in [-0.25, -0.2) is 4.79 Å². The number of esters is 1. The van der Waals surface area contributed by atoms with E-state index in [-0.39, 0.29) is 6.79 Å². The van der Waals surface area contributed by atoms with Gasteiger partial charge >= 0.3 is 14.8 Å². The Morgan fingerprint density at radius 2 is 2.00 bits per heavy atom. The van der Waals surface area contributed by atoms with Gasteiger partial charge in [0.05, 0.1) is 0 Å². The highest BCUT2D eigenvalue weighted by molar-refractivity contribution is 6.60. The van der Waals surface area contributed by atoms with E-state index in [1.54, 1.807) is 14.2 Å². The molecule has 0 bridgehead atoms. The van der Waals surface area contributed by atoms with E-state index in [0.29, 0.717) is 6.04 Å². The second-order valence-corrected chi connectivity index (χ2v) is 6.10. The minimum Gasteiger partial charge on any atom is -0.436 e. The largest absolute Gasteiger partial charge is 0.502 e. The Bertz CT molecular complexity index is 215. The summed E-state index contributed by atoms with van der Waals surface area (Å²) in [5, 5.41) is 0. The van der Waals surface area contributed by atoms with Crippen LogP contribution in [0.1, 0.15) is 19.8 Å².